The lowest BCUT2D eigenvalue weighted by Crippen LogP contribution is -2.45. The van der Waals surface area contributed by atoms with Gasteiger partial charge in [-0.2, -0.15) is 0 Å². The van der Waals surface area contributed by atoms with Crippen LogP contribution in [0.25, 0.3) is 0 Å². The maximum absolute atomic E-state index is 13.4. The van der Waals surface area contributed by atoms with Crippen LogP contribution >= 0.6 is 0 Å². The highest BCUT2D eigenvalue weighted by Crippen LogP contribution is 2.27. The number of rotatable bonds is 7. The molecule has 6 heteroatoms. The third-order valence-corrected chi connectivity index (χ3v) is 7.76. The molecule has 0 aliphatic heterocycles. The second kappa shape index (κ2) is 9.65. The van der Waals surface area contributed by atoms with Crippen molar-refractivity contribution >= 4 is 21.6 Å². The van der Waals surface area contributed by atoms with Gasteiger partial charge in [0.25, 0.3) is 10.0 Å². The largest absolute Gasteiger partial charge is 0.341 e. The van der Waals surface area contributed by atoms with Gasteiger partial charge in [0.05, 0.1) is 10.6 Å². The van der Waals surface area contributed by atoms with E-state index < -0.39 is 10.0 Å². The molecule has 0 unspecified atom stereocenters. The van der Waals surface area contributed by atoms with E-state index in [2.05, 4.69) is 13.8 Å². The van der Waals surface area contributed by atoms with Crippen LogP contribution in [-0.2, 0) is 14.8 Å². The predicted octanol–water partition coefficient (Wildman–Crippen LogP) is 4.80. The fourth-order valence-corrected chi connectivity index (χ4v) is 5.40. The molecule has 0 saturated heterocycles. The quantitative estimate of drug-likeness (QED) is 0.637. The predicted molar refractivity (Wildman–Crippen MR) is 121 cm³/mol. The van der Waals surface area contributed by atoms with E-state index in [9.17, 15) is 13.2 Å². The third kappa shape index (κ3) is 5.04. The first-order valence-corrected chi connectivity index (χ1v) is 12.2. The summed E-state index contributed by atoms with van der Waals surface area (Å²) in [7, 11) is -2.06. The lowest BCUT2D eigenvalue weighted by Gasteiger charge is -2.33. The number of amides is 1. The maximum Gasteiger partial charge on any atom is 0.264 e. The van der Waals surface area contributed by atoms with Crippen molar-refractivity contribution in [3.63, 3.8) is 0 Å². The molecule has 162 valence electrons. The molecule has 0 radical (unpaired) electrons. The van der Waals surface area contributed by atoms with Gasteiger partial charge in [-0.25, -0.2) is 8.42 Å². The zero-order chi connectivity index (χ0) is 21.7. The van der Waals surface area contributed by atoms with E-state index in [1.54, 1.807) is 54.4 Å². The summed E-state index contributed by atoms with van der Waals surface area (Å²) in [6.07, 6.45) is 5.40. The van der Waals surface area contributed by atoms with Gasteiger partial charge in [0, 0.05) is 13.1 Å². The van der Waals surface area contributed by atoms with E-state index in [4.69, 9.17) is 0 Å². The molecule has 0 spiro atoms. The first-order valence-electron chi connectivity index (χ1n) is 10.7. The van der Waals surface area contributed by atoms with E-state index in [-0.39, 0.29) is 23.4 Å². The average molecular weight is 429 g/mol. The number of anilines is 1. The summed E-state index contributed by atoms with van der Waals surface area (Å²) >= 11 is 0. The van der Waals surface area contributed by atoms with Gasteiger partial charge in [-0.05, 0) is 48.6 Å². The van der Waals surface area contributed by atoms with E-state index >= 15 is 0 Å². The van der Waals surface area contributed by atoms with E-state index in [1.165, 1.54) is 10.7 Å². The van der Waals surface area contributed by atoms with Gasteiger partial charge in [0.2, 0.25) is 5.91 Å². The van der Waals surface area contributed by atoms with Crippen LogP contribution in [0.15, 0.2) is 59.5 Å². The molecule has 5 nitrogen and oxygen atoms in total. The Morgan fingerprint density at radius 1 is 0.967 bits per heavy atom. The van der Waals surface area contributed by atoms with Gasteiger partial charge in [-0.15, -0.1) is 0 Å². The zero-order valence-corrected chi connectivity index (χ0v) is 18.9. The Kier molecular flexibility index (Phi) is 7.19. The molecule has 2 aromatic rings. The van der Waals surface area contributed by atoms with Crippen molar-refractivity contribution in [1.82, 2.24) is 4.90 Å². The highest BCUT2D eigenvalue weighted by molar-refractivity contribution is 7.92. The van der Waals surface area contributed by atoms with Gasteiger partial charge in [-0.1, -0.05) is 63.4 Å². The molecule has 1 aliphatic rings. The maximum atomic E-state index is 13.4. The number of carbonyl (C=O) groups is 1. The topological polar surface area (TPSA) is 57.7 Å². The number of nitrogens with zero attached hydrogens (tertiary/aromatic N) is 2. The molecule has 30 heavy (non-hydrogen) atoms. The van der Waals surface area contributed by atoms with Crippen LogP contribution in [0.3, 0.4) is 0 Å². The second-order valence-electron chi connectivity index (χ2n) is 8.37. The summed E-state index contributed by atoms with van der Waals surface area (Å²) in [4.78, 5) is 15.0. The number of hydrogen-bond donors (Lipinski definition) is 0. The van der Waals surface area contributed by atoms with Crippen molar-refractivity contribution in [2.24, 2.45) is 0 Å². The molecule has 0 heterocycles. The number of hydrogen-bond acceptors (Lipinski definition) is 3. The summed E-state index contributed by atoms with van der Waals surface area (Å²) in [5, 5.41) is 0. The highest BCUT2D eigenvalue weighted by atomic mass is 32.2. The smallest absolute Gasteiger partial charge is 0.264 e. The zero-order valence-electron chi connectivity index (χ0n) is 18.1. The van der Waals surface area contributed by atoms with Gasteiger partial charge in [0.1, 0.15) is 6.54 Å². The fourth-order valence-electron chi connectivity index (χ4n) is 3.97. The SMILES string of the molecule is CC(C)c1ccc(N(CC(=O)N(C)C2CCCCC2)S(=O)(=O)c2ccccc2)cc1. The van der Waals surface area contributed by atoms with E-state index in [0.717, 1.165) is 31.2 Å². The number of carbonyl (C=O) groups excluding carboxylic acids is 1. The van der Waals surface area contributed by atoms with Crippen LogP contribution in [0.5, 0.6) is 0 Å². The first kappa shape index (κ1) is 22.3. The van der Waals surface area contributed by atoms with Gasteiger partial charge < -0.3 is 4.90 Å². The Hall–Kier alpha value is -2.34. The van der Waals surface area contributed by atoms with Crippen LogP contribution in [0, 0.1) is 0 Å². The summed E-state index contributed by atoms with van der Waals surface area (Å²) < 4.78 is 28.1. The van der Waals surface area contributed by atoms with Crippen molar-refractivity contribution < 1.29 is 13.2 Å². The molecule has 1 fully saturated rings. The minimum atomic E-state index is -3.86. The van der Waals surface area contributed by atoms with Crippen molar-refractivity contribution in [3.8, 4) is 0 Å². The average Bonchev–Trinajstić information content (AvgIpc) is 2.78. The second-order valence-corrected chi connectivity index (χ2v) is 10.2. The van der Waals surface area contributed by atoms with E-state index in [0.29, 0.717) is 11.6 Å². The third-order valence-electron chi connectivity index (χ3n) is 5.97. The minimum absolute atomic E-state index is 0.172. The Bertz CT molecular complexity index is 934. The summed E-state index contributed by atoms with van der Waals surface area (Å²) in [6.45, 7) is 3.98. The molecule has 2 aromatic carbocycles. The molecular weight excluding hydrogens is 396 g/mol. The number of benzene rings is 2. The van der Waals surface area contributed by atoms with Crippen LogP contribution in [-0.4, -0.2) is 38.9 Å². The fraction of sp³-hybridized carbons (Fsp3) is 0.458. The minimum Gasteiger partial charge on any atom is -0.341 e. The molecule has 0 aromatic heterocycles. The summed E-state index contributed by atoms with van der Waals surface area (Å²) in [5.74, 6) is 0.173. The lowest BCUT2D eigenvalue weighted by molar-refractivity contribution is -0.130. The first-order chi connectivity index (χ1) is 14.3. The van der Waals surface area contributed by atoms with Crippen LogP contribution in [0.2, 0.25) is 0 Å². The summed E-state index contributed by atoms with van der Waals surface area (Å²) in [5.41, 5.74) is 1.63. The highest BCUT2D eigenvalue weighted by Gasteiger charge is 2.30. The standard InChI is InChI=1S/C24H32N2O3S/c1-19(2)20-14-16-22(17-15-20)26(30(28,29)23-12-8-5-9-13-23)18-24(27)25(3)21-10-6-4-7-11-21/h5,8-9,12-17,19,21H,4,6-7,10-11,18H2,1-3H3. The molecule has 0 atom stereocenters. The monoisotopic (exact) mass is 428 g/mol. The number of sulfonamides is 1. The molecule has 1 aliphatic carbocycles. The van der Waals surface area contributed by atoms with Crippen molar-refractivity contribution in [2.75, 3.05) is 17.9 Å². The molecule has 1 saturated carbocycles. The van der Waals surface area contributed by atoms with E-state index in [1.807, 2.05) is 12.1 Å². The van der Waals surface area contributed by atoms with Crippen molar-refractivity contribution in [1.29, 1.82) is 0 Å². The van der Waals surface area contributed by atoms with Gasteiger partial charge in [0.15, 0.2) is 0 Å². The van der Waals surface area contributed by atoms with Crippen molar-refractivity contribution in [3.05, 3.63) is 60.2 Å². The normalized spacial score (nSPS) is 15.2. The summed E-state index contributed by atoms with van der Waals surface area (Å²) in [6, 6.07) is 16.0. The van der Waals surface area contributed by atoms with Crippen LogP contribution < -0.4 is 4.31 Å². The Morgan fingerprint density at radius 2 is 1.57 bits per heavy atom. The van der Waals surface area contributed by atoms with Crippen molar-refractivity contribution in [2.45, 2.75) is 62.8 Å². The molecule has 0 N–H and O–H groups in total. The van der Waals surface area contributed by atoms with Crippen LogP contribution in [0.4, 0.5) is 5.69 Å². The Balaban J connectivity index is 1.92. The van der Waals surface area contributed by atoms with Gasteiger partial charge >= 0.3 is 0 Å². The Labute approximate surface area is 180 Å². The van der Waals surface area contributed by atoms with Crippen LogP contribution in [0.1, 0.15) is 57.4 Å². The Morgan fingerprint density at radius 3 is 2.13 bits per heavy atom. The molecule has 0 bridgehead atoms. The molecule has 3 rings (SSSR count). The number of likely N-dealkylation sites (N-methyl/N-ethyl adjacent to an activating group) is 1. The molecule has 1 amide bonds. The lowest BCUT2D eigenvalue weighted by atomic mass is 9.94. The van der Waals surface area contributed by atoms with Gasteiger partial charge in [-0.3, -0.25) is 9.10 Å². The molecular formula is C24H32N2O3S.